The average Bonchev–Trinajstić information content (AvgIpc) is 3.49. The van der Waals surface area contributed by atoms with Crippen LogP contribution in [0.1, 0.15) is 41.8 Å². The molecule has 10 heteroatoms. The Kier molecular flexibility index (Phi) is 6.30. The lowest BCUT2D eigenvalue weighted by Crippen LogP contribution is -2.41. The van der Waals surface area contributed by atoms with E-state index in [4.69, 9.17) is 16.3 Å². The molecule has 2 aliphatic rings. The van der Waals surface area contributed by atoms with E-state index in [0.717, 1.165) is 4.90 Å². The van der Waals surface area contributed by atoms with Crippen LogP contribution >= 0.6 is 0 Å². The van der Waals surface area contributed by atoms with Gasteiger partial charge in [0.05, 0.1) is 24.2 Å². The summed E-state index contributed by atoms with van der Waals surface area (Å²) in [6.45, 7) is 9.06. The fourth-order valence-corrected chi connectivity index (χ4v) is 5.14. The minimum atomic E-state index is -1.65. The molecule has 41 heavy (non-hydrogen) atoms. The van der Waals surface area contributed by atoms with Crippen LogP contribution in [0.3, 0.4) is 0 Å². The number of aliphatic hydroxyl groups is 2. The summed E-state index contributed by atoms with van der Waals surface area (Å²) in [6, 6.07) is 19.6. The minimum Gasteiger partial charge on any atom is -0.424 e. The van der Waals surface area contributed by atoms with Crippen molar-refractivity contribution in [2.75, 3.05) is 0 Å². The van der Waals surface area contributed by atoms with Gasteiger partial charge in [-0.05, 0) is 42.3 Å². The molecule has 4 aromatic rings. The van der Waals surface area contributed by atoms with E-state index in [0.29, 0.717) is 27.9 Å². The van der Waals surface area contributed by atoms with Gasteiger partial charge in [-0.3, -0.25) is 14.5 Å². The Hall–Kier alpha value is -5.37. The second kappa shape index (κ2) is 9.98. The molecule has 2 N–H and O–H groups in total. The second-order valence-electron chi connectivity index (χ2n) is 9.65. The minimum absolute atomic E-state index is 0.0919. The number of carbonyl (C=O) groups is 3. The van der Waals surface area contributed by atoms with E-state index in [1.807, 2.05) is 24.3 Å². The van der Waals surface area contributed by atoms with E-state index >= 15 is 0 Å². The van der Waals surface area contributed by atoms with Crippen LogP contribution in [0.2, 0.25) is 0 Å². The van der Waals surface area contributed by atoms with Gasteiger partial charge >= 0.3 is 5.97 Å². The largest absolute Gasteiger partial charge is 0.424 e. The normalized spacial score (nSPS) is 17.9. The van der Waals surface area contributed by atoms with Crippen molar-refractivity contribution in [2.45, 2.75) is 25.8 Å². The van der Waals surface area contributed by atoms with Crippen LogP contribution in [0.5, 0.6) is 5.75 Å². The molecule has 6 rings (SSSR count). The lowest BCUT2D eigenvalue weighted by Gasteiger charge is -2.28. The molecule has 2 aliphatic heterocycles. The molecule has 0 saturated heterocycles. The van der Waals surface area contributed by atoms with Crippen molar-refractivity contribution in [1.29, 1.82) is 0 Å². The third kappa shape index (κ3) is 4.30. The Morgan fingerprint density at radius 3 is 2.44 bits per heavy atom. The number of carbonyl (C=O) groups excluding carboxylic acids is 3. The van der Waals surface area contributed by atoms with Gasteiger partial charge in [0.1, 0.15) is 11.6 Å². The maximum absolute atomic E-state index is 13.8. The van der Waals surface area contributed by atoms with Crippen molar-refractivity contribution in [3.8, 4) is 5.75 Å². The number of esters is 1. The monoisotopic (exact) mass is 546 g/mol. The van der Waals surface area contributed by atoms with Gasteiger partial charge in [0.2, 0.25) is 0 Å². The Morgan fingerprint density at radius 1 is 1.00 bits per heavy atom. The number of hydrogen-bond acceptors (Lipinski definition) is 7. The maximum atomic E-state index is 13.8. The number of aliphatic hydroxyl groups excluding tert-OH is 1. The Morgan fingerprint density at radius 2 is 1.71 bits per heavy atom. The lowest BCUT2D eigenvalue weighted by atomic mass is 9.97. The molecule has 0 saturated carbocycles. The number of rotatable bonds is 5. The number of hydrogen-bond donors (Lipinski definition) is 2. The SMILES string of the molecule is [C-]#[N+]C1=C(C)C(=Cc2nc3ccccc3n2C2C(=O)Oc3ccccc32)C(=O)N(Cc2ccc(C(O)O)cc2)C1=O. The number of imidazole rings is 1. The van der Waals surface area contributed by atoms with Gasteiger partial charge in [-0.2, -0.15) is 0 Å². The smallest absolute Gasteiger partial charge is 0.339 e. The zero-order valence-corrected chi connectivity index (χ0v) is 21.7. The molecular weight excluding hydrogens is 524 g/mol. The standard InChI is InChI=1S/C31H22N4O6/c1-17-21(28(36)34(29(37)26(17)32-2)16-18-11-13-19(14-12-18)30(38)39)15-25-33-22-8-4-5-9-23(22)35(25)27-20-7-3-6-10-24(20)41-31(27)40/h3-15,27,30,38-39H,16H2,1H3. The Labute approximate surface area is 233 Å². The van der Waals surface area contributed by atoms with Gasteiger partial charge in [0, 0.05) is 16.7 Å². The van der Waals surface area contributed by atoms with Gasteiger partial charge < -0.3 is 19.5 Å². The van der Waals surface area contributed by atoms with Crippen molar-refractivity contribution in [3.05, 3.63) is 124 Å². The van der Waals surface area contributed by atoms with Gasteiger partial charge in [-0.15, -0.1) is 0 Å². The molecule has 3 aromatic carbocycles. The molecule has 0 fully saturated rings. The van der Waals surface area contributed by atoms with E-state index in [1.165, 1.54) is 25.1 Å². The number of para-hydroxylation sites is 3. The highest BCUT2D eigenvalue weighted by molar-refractivity contribution is 6.18. The number of nitrogens with zero attached hydrogens (tertiary/aromatic N) is 4. The van der Waals surface area contributed by atoms with Crippen molar-refractivity contribution in [1.82, 2.24) is 14.5 Å². The van der Waals surface area contributed by atoms with Crippen LogP contribution in [-0.4, -0.2) is 42.4 Å². The molecule has 0 radical (unpaired) electrons. The number of amides is 2. The van der Waals surface area contributed by atoms with E-state index in [-0.39, 0.29) is 34.8 Å². The topological polar surface area (TPSA) is 126 Å². The fourth-order valence-electron chi connectivity index (χ4n) is 5.14. The lowest BCUT2D eigenvalue weighted by molar-refractivity contribution is -0.141. The maximum Gasteiger partial charge on any atom is 0.339 e. The summed E-state index contributed by atoms with van der Waals surface area (Å²) in [5.74, 6) is -1.12. The van der Waals surface area contributed by atoms with Crippen molar-refractivity contribution in [2.24, 2.45) is 0 Å². The third-order valence-electron chi connectivity index (χ3n) is 7.21. The highest BCUT2D eigenvalue weighted by Crippen LogP contribution is 2.39. The second-order valence-corrected chi connectivity index (χ2v) is 9.65. The first-order valence-corrected chi connectivity index (χ1v) is 12.7. The van der Waals surface area contributed by atoms with Gasteiger partial charge in [-0.25, -0.2) is 14.6 Å². The first kappa shape index (κ1) is 25.9. The Bertz CT molecular complexity index is 1860. The predicted molar refractivity (Wildman–Crippen MR) is 146 cm³/mol. The van der Waals surface area contributed by atoms with E-state index in [1.54, 1.807) is 41.0 Å². The van der Waals surface area contributed by atoms with Crippen LogP contribution < -0.4 is 4.74 Å². The summed E-state index contributed by atoms with van der Waals surface area (Å²) < 4.78 is 7.23. The van der Waals surface area contributed by atoms with E-state index in [2.05, 4.69) is 4.85 Å². The molecule has 1 aromatic heterocycles. The number of benzene rings is 3. The first-order valence-electron chi connectivity index (χ1n) is 12.7. The molecule has 3 heterocycles. The average molecular weight is 547 g/mol. The highest BCUT2D eigenvalue weighted by Gasteiger charge is 2.39. The van der Waals surface area contributed by atoms with Crippen LogP contribution in [0.25, 0.3) is 22.0 Å². The molecule has 1 atom stereocenters. The molecule has 0 bridgehead atoms. The van der Waals surface area contributed by atoms with Gasteiger partial charge in [-0.1, -0.05) is 54.6 Å². The zero-order valence-electron chi connectivity index (χ0n) is 21.7. The van der Waals surface area contributed by atoms with E-state index in [9.17, 15) is 24.6 Å². The number of fused-ring (bicyclic) bond motifs is 2. The van der Waals surface area contributed by atoms with Crippen molar-refractivity contribution >= 4 is 34.9 Å². The molecule has 1 unspecified atom stereocenters. The third-order valence-corrected chi connectivity index (χ3v) is 7.21. The number of aromatic nitrogens is 2. The predicted octanol–water partition coefficient (Wildman–Crippen LogP) is 3.67. The summed E-state index contributed by atoms with van der Waals surface area (Å²) >= 11 is 0. The molecule has 10 nitrogen and oxygen atoms in total. The first-order chi connectivity index (χ1) is 19.8. The van der Waals surface area contributed by atoms with Crippen LogP contribution in [-0.2, 0) is 20.9 Å². The van der Waals surface area contributed by atoms with E-state index < -0.39 is 30.1 Å². The summed E-state index contributed by atoms with van der Waals surface area (Å²) in [7, 11) is 0. The molecule has 202 valence electrons. The van der Waals surface area contributed by atoms with Gasteiger partial charge in [0.15, 0.2) is 12.3 Å². The number of imide groups is 1. The van der Waals surface area contributed by atoms with Crippen LogP contribution in [0.4, 0.5) is 0 Å². The van der Waals surface area contributed by atoms with Crippen molar-refractivity contribution in [3.63, 3.8) is 0 Å². The molecular formula is C31H22N4O6. The van der Waals surface area contributed by atoms with Crippen molar-refractivity contribution < 1.29 is 29.3 Å². The number of ether oxygens (including phenoxy) is 1. The highest BCUT2D eigenvalue weighted by atomic mass is 16.5. The summed E-state index contributed by atoms with van der Waals surface area (Å²) in [5.41, 5.74) is 2.79. The molecule has 0 aliphatic carbocycles. The summed E-state index contributed by atoms with van der Waals surface area (Å²) in [6.07, 6.45) is -0.152. The quantitative estimate of drug-likeness (QED) is 0.0977. The molecule has 2 amide bonds. The van der Waals surface area contributed by atoms with Crippen LogP contribution in [0.15, 0.2) is 89.6 Å². The Balaban J connectivity index is 1.48. The van der Waals surface area contributed by atoms with Crippen LogP contribution in [0, 0.1) is 6.57 Å². The zero-order chi connectivity index (χ0) is 28.8. The van der Waals surface area contributed by atoms with Gasteiger partial charge in [0.25, 0.3) is 17.5 Å². The molecule has 0 spiro atoms. The fraction of sp³-hybridized carbons (Fsp3) is 0.129. The summed E-state index contributed by atoms with van der Waals surface area (Å²) in [4.78, 5) is 49.2. The summed E-state index contributed by atoms with van der Waals surface area (Å²) in [5, 5.41) is 18.7.